The number of hydrogen-bond donors (Lipinski definition) is 1. The maximum atomic E-state index is 12.7. The summed E-state index contributed by atoms with van der Waals surface area (Å²) in [5.41, 5.74) is 0.736. The molecule has 1 aromatic heterocycles. The van der Waals surface area contributed by atoms with E-state index in [4.69, 9.17) is 9.47 Å². The summed E-state index contributed by atoms with van der Waals surface area (Å²) in [6.45, 7) is 5.48. The van der Waals surface area contributed by atoms with Crippen LogP contribution in [0.4, 0.5) is 18.0 Å². The van der Waals surface area contributed by atoms with Crippen LogP contribution in [-0.4, -0.2) is 22.7 Å². The Labute approximate surface area is 185 Å². The Morgan fingerprint density at radius 1 is 1.19 bits per heavy atom. The van der Waals surface area contributed by atoms with E-state index in [9.17, 15) is 18.0 Å². The van der Waals surface area contributed by atoms with Crippen molar-refractivity contribution in [3.63, 3.8) is 0 Å². The Hall–Kier alpha value is -3.03. The molecule has 32 heavy (non-hydrogen) atoms. The van der Waals surface area contributed by atoms with Crippen LogP contribution in [0.5, 0.6) is 11.6 Å². The molecule has 1 aliphatic carbocycles. The number of nitrogens with zero attached hydrogens (tertiary/aromatic N) is 1. The summed E-state index contributed by atoms with van der Waals surface area (Å²) in [6, 6.07) is 9.40. The molecule has 2 aromatic rings. The highest BCUT2D eigenvalue weighted by atomic mass is 19.4. The lowest BCUT2D eigenvalue weighted by Gasteiger charge is -2.27. The van der Waals surface area contributed by atoms with Gasteiger partial charge in [-0.2, -0.15) is 13.2 Å². The average molecular weight is 448 g/mol. The molecule has 172 valence electrons. The SMILES string of the molecule is CC(C)(C)OC(=O)N[C@H]1CCC/C(=C\c2cccc(Oc3ccc(C(F)(F)F)cn3)c2)C1. The zero-order chi connectivity index (χ0) is 23.4. The second kappa shape index (κ2) is 9.63. The minimum atomic E-state index is -4.44. The molecule has 1 aromatic carbocycles. The van der Waals surface area contributed by atoms with Crippen LogP contribution in [-0.2, 0) is 10.9 Å². The van der Waals surface area contributed by atoms with E-state index in [0.717, 1.165) is 43.5 Å². The van der Waals surface area contributed by atoms with Gasteiger partial charge in [-0.05, 0) is 70.2 Å². The first-order valence-corrected chi connectivity index (χ1v) is 10.5. The molecule has 0 radical (unpaired) electrons. The van der Waals surface area contributed by atoms with Crippen LogP contribution in [0.2, 0.25) is 0 Å². The molecule has 1 saturated carbocycles. The van der Waals surface area contributed by atoms with Crippen LogP contribution in [0.25, 0.3) is 6.08 Å². The molecular formula is C24H27F3N2O3. The summed E-state index contributed by atoms with van der Waals surface area (Å²) in [7, 11) is 0. The molecule has 1 heterocycles. The number of pyridine rings is 1. The van der Waals surface area contributed by atoms with Crippen molar-refractivity contribution in [2.24, 2.45) is 0 Å². The van der Waals surface area contributed by atoms with Gasteiger partial charge in [-0.3, -0.25) is 0 Å². The van der Waals surface area contributed by atoms with Crippen LogP contribution in [0.3, 0.4) is 0 Å². The third kappa shape index (κ3) is 7.28. The van der Waals surface area contributed by atoms with Crippen molar-refractivity contribution in [2.75, 3.05) is 0 Å². The number of alkyl carbamates (subject to hydrolysis) is 1. The smallest absolute Gasteiger partial charge is 0.417 e. The summed E-state index contributed by atoms with van der Waals surface area (Å²) in [5.74, 6) is 0.563. The van der Waals surface area contributed by atoms with E-state index in [1.165, 1.54) is 11.6 Å². The van der Waals surface area contributed by atoms with Gasteiger partial charge in [0.05, 0.1) is 5.56 Å². The van der Waals surface area contributed by atoms with E-state index in [1.54, 1.807) is 12.1 Å². The van der Waals surface area contributed by atoms with Gasteiger partial charge in [-0.1, -0.05) is 23.8 Å². The first-order valence-electron chi connectivity index (χ1n) is 10.5. The normalized spacial score (nSPS) is 18.3. The number of ether oxygens (including phenoxy) is 2. The van der Waals surface area contributed by atoms with Gasteiger partial charge in [0.2, 0.25) is 5.88 Å². The average Bonchev–Trinajstić information content (AvgIpc) is 2.67. The van der Waals surface area contributed by atoms with E-state index in [2.05, 4.69) is 16.4 Å². The zero-order valence-electron chi connectivity index (χ0n) is 18.3. The van der Waals surface area contributed by atoms with Gasteiger partial charge < -0.3 is 14.8 Å². The second-order valence-corrected chi connectivity index (χ2v) is 8.80. The fraction of sp³-hybridized carbons (Fsp3) is 0.417. The molecule has 0 bridgehead atoms. The number of halogens is 3. The van der Waals surface area contributed by atoms with Crippen molar-refractivity contribution in [2.45, 2.75) is 64.3 Å². The number of benzene rings is 1. The summed E-state index contributed by atoms with van der Waals surface area (Å²) in [4.78, 5) is 15.8. The van der Waals surface area contributed by atoms with Gasteiger partial charge in [-0.15, -0.1) is 0 Å². The van der Waals surface area contributed by atoms with Gasteiger partial charge in [0.1, 0.15) is 11.4 Å². The Balaban J connectivity index is 1.63. The highest BCUT2D eigenvalue weighted by Crippen LogP contribution is 2.31. The van der Waals surface area contributed by atoms with Crippen molar-refractivity contribution in [3.05, 3.63) is 59.3 Å². The predicted molar refractivity (Wildman–Crippen MR) is 115 cm³/mol. The van der Waals surface area contributed by atoms with Gasteiger partial charge in [-0.25, -0.2) is 9.78 Å². The Kier molecular flexibility index (Phi) is 7.11. The zero-order valence-corrected chi connectivity index (χ0v) is 18.3. The fourth-order valence-electron chi connectivity index (χ4n) is 3.46. The maximum absolute atomic E-state index is 12.7. The van der Waals surface area contributed by atoms with Gasteiger partial charge >= 0.3 is 12.3 Å². The molecule has 1 amide bonds. The molecule has 3 rings (SSSR count). The van der Waals surface area contributed by atoms with Crippen molar-refractivity contribution >= 4 is 12.2 Å². The maximum Gasteiger partial charge on any atom is 0.417 e. The number of carbonyl (C=O) groups excluding carboxylic acids is 1. The number of nitrogens with one attached hydrogen (secondary N) is 1. The lowest BCUT2D eigenvalue weighted by Crippen LogP contribution is -2.40. The van der Waals surface area contributed by atoms with Crippen molar-refractivity contribution in [1.29, 1.82) is 0 Å². The number of aromatic nitrogens is 1. The van der Waals surface area contributed by atoms with Crippen LogP contribution < -0.4 is 10.1 Å². The van der Waals surface area contributed by atoms with Crippen LogP contribution in [0, 0.1) is 0 Å². The molecule has 5 nitrogen and oxygen atoms in total. The van der Waals surface area contributed by atoms with E-state index >= 15 is 0 Å². The molecule has 1 aliphatic rings. The topological polar surface area (TPSA) is 60.5 Å². The molecule has 1 N–H and O–H groups in total. The van der Waals surface area contributed by atoms with Gasteiger partial charge in [0.15, 0.2) is 0 Å². The number of amides is 1. The van der Waals surface area contributed by atoms with E-state index in [0.29, 0.717) is 5.75 Å². The Morgan fingerprint density at radius 2 is 1.97 bits per heavy atom. The number of alkyl halides is 3. The molecule has 8 heteroatoms. The summed E-state index contributed by atoms with van der Waals surface area (Å²) in [5, 5.41) is 2.94. The van der Waals surface area contributed by atoms with Crippen LogP contribution in [0.15, 0.2) is 48.2 Å². The highest BCUT2D eigenvalue weighted by molar-refractivity contribution is 5.68. The van der Waals surface area contributed by atoms with Crippen molar-refractivity contribution < 1.29 is 27.4 Å². The quantitative estimate of drug-likeness (QED) is 0.562. The predicted octanol–water partition coefficient (Wildman–Crippen LogP) is 6.74. The number of hydrogen-bond acceptors (Lipinski definition) is 4. The summed E-state index contributed by atoms with van der Waals surface area (Å²) < 4.78 is 49.0. The molecule has 0 spiro atoms. The largest absolute Gasteiger partial charge is 0.444 e. The summed E-state index contributed by atoms with van der Waals surface area (Å²) >= 11 is 0. The number of carbonyl (C=O) groups is 1. The molecular weight excluding hydrogens is 421 g/mol. The molecule has 0 aliphatic heterocycles. The minimum Gasteiger partial charge on any atom is -0.444 e. The summed E-state index contributed by atoms with van der Waals surface area (Å²) in [6.07, 6.45) is 1.45. The third-order valence-electron chi connectivity index (χ3n) is 4.79. The minimum absolute atomic E-state index is 0.0145. The monoisotopic (exact) mass is 448 g/mol. The van der Waals surface area contributed by atoms with Crippen molar-refractivity contribution in [1.82, 2.24) is 10.3 Å². The molecule has 1 atom stereocenters. The van der Waals surface area contributed by atoms with E-state index in [-0.39, 0.29) is 11.9 Å². The molecule has 0 saturated heterocycles. The highest BCUT2D eigenvalue weighted by Gasteiger charge is 2.30. The van der Waals surface area contributed by atoms with E-state index in [1.807, 2.05) is 32.9 Å². The van der Waals surface area contributed by atoms with E-state index < -0.39 is 23.4 Å². The molecule has 1 fully saturated rings. The standard InChI is InChI=1S/C24H27F3N2O3/c1-23(2,3)32-22(30)29-19-8-4-6-16(13-19)12-17-7-5-9-20(14-17)31-21-11-10-18(15-28-21)24(25,26)27/h5,7,9-12,14-15,19H,4,6,8,13H2,1-3H3,(H,29,30)/b16-12+/t19-/m0/s1. The van der Waals surface area contributed by atoms with Gasteiger partial charge in [0, 0.05) is 18.3 Å². The first-order chi connectivity index (χ1) is 15.0. The Morgan fingerprint density at radius 3 is 2.62 bits per heavy atom. The number of rotatable bonds is 4. The second-order valence-electron chi connectivity index (χ2n) is 8.80. The first kappa shape index (κ1) is 23.6. The van der Waals surface area contributed by atoms with Crippen LogP contribution in [0.1, 0.15) is 57.6 Å². The molecule has 0 unspecified atom stereocenters. The third-order valence-corrected chi connectivity index (χ3v) is 4.79. The lowest BCUT2D eigenvalue weighted by molar-refractivity contribution is -0.137. The van der Waals surface area contributed by atoms with Crippen molar-refractivity contribution in [3.8, 4) is 11.6 Å². The lowest BCUT2D eigenvalue weighted by atomic mass is 9.89. The fourth-order valence-corrected chi connectivity index (χ4v) is 3.46. The Bertz CT molecular complexity index is 964. The van der Waals surface area contributed by atoms with Crippen LogP contribution >= 0.6 is 0 Å². The van der Waals surface area contributed by atoms with Gasteiger partial charge in [0.25, 0.3) is 0 Å².